The molecule has 1 saturated heterocycles. The lowest BCUT2D eigenvalue weighted by Gasteiger charge is -2.28. The molecule has 5 heteroatoms. The quantitative estimate of drug-likeness (QED) is 0.753. The van der Waals surface area contributed by atoms with Gasteiger partial charge in [-0.3, -0.25) is 4.79 Å². The van der Waals surface area contributed by atoms with Crippen molar-refractivity contribution < 1.29 is 13.9 Å². The SMILES string of the molecule is NC(=O)c1c(F)cccc1OC1CNC1. The number of carbonyl (C=O) groups is 1. The van der Waals surface area contributed by atoms with Gasteiger partial charge in [0.2, 0.25) is 0 Å². The number of benzene rings is 1. The first kappa shape index (κ1) is 9.92. The van der Waals surface area contributed by atoms with Crippen molar-refractivity contribution in [2.24, 2.45) is 5.73 Å². The first-order valence-corrected chi connectivity index (χ1v) is 4.64. The number of primary amides is 1. The zero-order chi connectivity index (χ0) is 10.8. The first-order valence-electron chi connectivity index (χ1n) is 4.64. The van der Waals surface area contributed by atoms with Crippen molar-refractivity contribution in [2.75, 3.05) is 13.1 Å². The average Bonchev–Trinajstić information content (AvgIpc) is 2.10. The molecule has 0 aliphatic carbocycles. The number of hydrogen-bond donors (Lipinski definition) is 2. The topological polar surface area (TPSA) is 64.4 Å². The van der Waals surface area contributed by atoms with E-state index < -0.39 is 11.7 Å². The van der Waals surface area contributed by atoms with Gasteiger partial charge in [-0.15, -0.1) is 0 Å². The molecule has 1 amide bonds. The molecule has 4 nitrogen and oxygen atoms in total. The molecule has 0 saturated carbocycles. The van der Waals surface area contributed by atoms with Gasteiger partial charge in [0, 0.05) is 13.1 Å². The molecule has 1 aliphatic heterocycles. The van der Waals surface area contributed by atoms with Crippen LogP contribution in [0.15, 0.2) is 18.2 Å². The Morgan fingerprint density at radius 3 is 2.80 bits per heavy atom. The van der Waals surface area contributed by atoms with Crippen LogP contribution in [0.5, 0.6) is 5.75 Å². The van der Waals surface area contributed by atoms with E-state index in [2.05, 4.69) is 5.32 Å². The van der Waals surface area contributed by atoms with Crippen LogP contribution in [-0.2, 0) is 0 Å². The van der Waals surface area contributed by atoms with E-state index in [4.69, 9.17) is 10.5 Å². The fourth-order valence-corrected chi connectivity index (χ4v) is 1.37. The smallest absolute Gasteiger partial charge is 0.255 e. The van der Waals surface area contributed by atoms with Gasteiger partial charge < -0.3 is 15.8 Å². The van der Waals surface area contributed by atoms with Gasteiger partial charge in [-0.2, -0.15) is 0 Å². The summed E-state index contributed by atoms with van der Waals surface area (Å²) in [5, 5.41) is 3.01. The van der Waals surface area contributed by atoms with Gasteiger partial charge in [-0.1, -0.05) is 6.07 Å². The van der Waals surface area contributed by atoms with E-state index in [1.807, 2.05) is 0 Å². The molecule has 1 heterocycles. The van der Waals surface area contributed by atoms with E-state index in [0.29, 0.717) is 13.1 Å². The van der Waals surface area contributed by atoms with Crippen molar-refractivity contribution in [3.63, 3.8) is 0 Å². The van der Waals surface area contributed by atoms with E-state index >= 15 is 0 Å². The summed E-state index contributed by atoms with van der Waals surface area (Å²) < 4.78 is 18.7. The molecule has 2 rings (SSSR count). The molecular formula is C10H11FN2O2. The third-order valence-electron chi connectivity index (χ3n) is 2.26. The molecule has 0 atom stereocenters. The van der Waals surface area contributed by atoms with E-state index in [1.165, 1.54) is 12.1 Å². The Morgan fingerprint density at radius 1 is 1.53 bits per heavy atom. The lowest BCUT2D eigenvalue weighted by molar-refractivity contribution is 0.0979. The second kappa shape index (κ2) is 3.86. The highest BCUT2D eigenvalue weighted by Crippen LogP contribution is 2.22. The summed E-state index contributed by atoms with van der Waals surface area (Å²) in [5.74, 6) is -1.24. The van der Waals surface area contributed by atoms with Crippen LogP contribution in [0.3, 0.4) is 0 Å². The monoisotopic (exact) mass is 210 g/mol. The second-order valence-corrected chi connectivity index (χ2v) is 3.38. The van der Waals surface area contributed by atoms with E-state index in [1.54, 1.807) is 6.07 Å². The number of nitrogens with one attached hydrogen (secondary N) is 1. The number of hydrogen-bond acceptors (Lipinski definition) is 3. The van der Waals surface area contributed by atoms with Gasteiger partial charge in [0.1, 0.15) is 23.2 Å². The molecule has 0 aromatic heterocycles. The Kier molecular flexibility index (Phi) is 2.55. The maximum absolute atomic E-state index is 13.3. The maximum atomic E-state index is 13.3. The van der Waals surface area contributed by atoms with Crippen LogP contribution in [0.4, 0.5) is 4.39 Å². The van der Waals surface area contributed by atoms with Crippen LogP contribution >= 0.6 is 0 Å². The van der Waals surface area contributed by atoms with Crippen LogP contribution in [0.2, 0.25) is 0 Å². The van der Waals surface area contributed by atoms with Crippen molar-refractivity contribution in [1.82, 2.24) is 5.32 Å². The summed E-state index contributed by atoms with van der Waals surface area (Å²) in [6, 6.07) is 4.22. The summed E-state index contributed by atoms with van der Waals surface area (Å²) in [5.41, 5.74) is 4.90. The largest absolute Gasteiger partial charge is 0.487 e. The number of carbonyl (C=O) groups excluding carboxylic acids is 1. The zero-order valence-electron chi connectivity index (χ0n) is 8.00. The van der Waals surface area contributed by atoms with E-state index in [0.717, 1.165) is 0 Å². The number of nitrogens with two attached hydrogens (primary N) is 1. The van der Waals surface area contributed by atoms with Gasteiger partial charge in [0.25, 0.3) is 5.91 Å². The first-order chi connectivity index (χ1) is 7.18. The summed E-state index contributed by atoms with van der Waals surface area (Å²) in [6.45, 7) is 1.41. The fourth-order valence-electron chi connectivity index (χ4n) is 1.37. The molecule has 0 radical (unpaired) electrons. The molecule has 1 fully saturated rings. The summed E-state index contributed by atoms with van der Waals surface area (Å²) in [6.07, 6.45) is -0.00935. The van der Waals surface area contributed by atoms with Crippen LogP contribution in [-0.4, -0.2) is 25.1 Å². The van der Waals surface area contributed by atoms with Crippen LogP contribution in [0.25, 0.3) is 0 Å². The van der Waals surface area contributed by atoms with Crippen LogP contribution < -0.4 is 15.8 Å². The van der Waals surface area contributed by atoms with Crippen LogP contribution in [0.1, 0.15) is 10.4 Å². The minimum Gasteiger partial charge on any atom is -0.487 e. The van der Waals surface area contributed by atoms with Gasteiger partial charge in [0.15, 0.2) is 0 Å². The molecule has 0 spiro atoms. The van der Waals surface area contributed by atoms with Crippen molar-refractivity contribution >= 4 is 5.91 Å². The summed E-state index contributed by atoms with van der Waals surface area (Å²) in [7, 11) is 0. The summed E-state index contributed by atoms with van der Waals surface area (Å²) in [4.78, 5) is 11.0. The molecule has 1 aromatic rings. The number of halogens is 1. The second-order valence-electron chi connectivity index (χ2n) is 3.38. The third-order valence-corrected chi connectivity index (χ3v) is 2.26. The molecule has 0 unspecified atom stereocenters. The third kappa shape index (κ3) is 1.92. The number of amides is 1. The van der Waals surface area contributed by atoms with Gasteiger partial charge in [-0.05, 0) is 12.1 Å². The lowest BCUT2D eigenvalue weighted by atomic mass is 10.1. The van der Waals surface area contributed by atoms with Gasteiger partial charge in [0.05, 0.1) is 0 Å². The van der Waals surface area contributed by atoms with Crippen LogP contribution in [0, 0.1) is 5.82 Å². The lowest BCUT2D eigenvalue weighted by Crippen LogP contribution is -2.50. The van der Waals surface area contributed by atoms with E-state index in [9.17, 15) is 9.18 Å². The molecule has 0 bridgehead atoms. The normalized spacial score (nSPS) is 15.8. The number of rotatable bonds is 3. The predicted molar refractivity (Wildman–Crippen MR) is 52.2 cm³/mol. The molecule has 1 aromatic carbocycles. The molecule has 1 aliphatic rings. The minimum atomic E-state index is -0.810. The van der Waals surface area contributed by atoms with Crippen molar-refractivity contribution in [3.05, 3.63) is 29.6 Å². The maximum Gasteiger partial charge on any atom is 0.255 e. The Hall–Kier alpha value is -1.62. The number of ether oxygens (including phenoxy) is 1. The van der Waals surface area contributed by atoms with Crippen molar-refractivity contribution in [2.45, 2.75) is 6.10 Å². The van der Waals surface area contributed by atoms with Gasteiger partial charge in [-0.25, -0.2) is 4.39 Å². The minimum absolute atomic E-state index is 0.00935. The highest BCUT2D eigenvalue weighted by atomic mass is 19.1. The molecular weight excluding hydrogens is 199 g/mol. The molecule has 80 valence electrons. The van der Waals surface area contributed by atoms with Crippen molar-refractivity contribution in [1.29, 1.82) is 0 Å². The average molecular weight is 210 g/mol. The van der Waals surface area contributed by atoms with E-state index in [-0.39, 0.29) is 17.4 Å². The highest BCUT2D eigenvalue weighted by molar-refractivity contribution is 5.95. The molecule has 3 N–H and O–H groups in total. The molecule has 15 heavy (non-hydrogen) atoms. The van der Waals surface area contributed by atoms with Crippen molar-refractivity contribution in [3.8, 4) is 5.75 Å². The Bertz CT molecular complexity index is 391. The van der Waals surface area contributed by atoms with Gasteiger partial charge >= 0.3 is 0 Å². The zero-order valence-corrected chi connectivity index (χ0v) is 8.00. The Morgan fingerprint density at radius 2 is 2.27 bits per heavy atom. The predicted octanol–water partition coefficient (Wildman–Crippen LogP) is 0.275. The Labute approximate surface area is 86.2 Å². The fraction of sp³-hybridized carbons (Fsp3) is 0.300. The highest BCUT2D eigenvalue weighted by Gasteiger charge is 2.22. The summed E-state index contributed by atoms with van der Waals surface area (Å²) >= 11 is 0. The standard InChI is InChI=1S/C10H11FN2O2/c11-7-2-1-3-8(9(7)10(12)14)15-6-4-13-5-6/h1-3,6,13H,4-5H2,(H2,12,14). The Balaban J connectivity index is 2.27.